The molecule has 2 aromatic rings. The summed E-state index contributed by atoms with van der Waals surface area (Å²) >= 11 is 0. The van der Waals surface area contributed by atoms with Crippen molar-refractivity contribution in [1.82, 2.24) is 19.5 Å². The number of amides is 1. The summed E-state index contributed by atoms with van der Waals surface area (Å²) in [5.74, 6) is -0.323. The molecule has 1 amide bonds. The van der Waals surface area contributed by atoms with Gasteiger partial charge < -0.3 is 20.0 Å². The zero-order chi connectivity index (χ0) is 17.7. The minimum Gasteiger partial charge on any atom is -0.481 e. The van der Waals surface area contributed by atoms with Crippen LogP contribution >= 0.6 is 0 Å². The number of hydrogen-bond donors (Lipinski definition) is 2. The topological polar surface area (TPSA) is 111 Å². The van der Waals surface area contributed by atoms with Crippen LogP contribution in [0.4, 0.5) is 10.6 Å². The van der Waals surface area contributed by atoms with Crippen molar-refractivity contribution in [2.45, 2.75) is 19.3 Å². The highest BCUT2D eigenvalue weighted by Gasteiger charge is 2.38. The van der Waals surface area contributed by atoms with E-state index in [0.717, 1.165) is 22.6 Å². The van der Waals surface area contributed by atoms with Crippen molar-refractivity contribution in [3.8, 4) is 0 Å². The molecule has 25 heavy (non-hydrogen) atoms. The summed E-state index contributed by atoms with van der Waals surface area (Å²) in [7, 11) is 0. The van der Waals surface area contributed by atoms with Crippen LogP contribution in [0, 0.1) is 5.92 Å². The SMILES string of the molecule is CC1CN(C(=O)O)CCc2c1c1nccnn1c2N1CC(C(=O)O)C1. The molecule has 4 heterocycles. The van der Waals surface area contributed by atoms with Crippen molar-refractivity contribution < 1.29 is 19.8 Å². The van der Waals surface area contributed by atoms with Gasteiger partial charge in [0, 0.05) is 49.4 Å². The summed E-state index contributed by atoms with van der Waals surface area (Å²) in [4.78, 5) is 30.4. The van der Waals surface area contributed by atoms with Gasteiger partial charge in [0.2, 0.25) is 0 Å². The molecule has 0 spiro atoms. The van der Waals surface area contributed by atoms with Crippen LogP contribution in [-0.4, -0.2) is 68.0 Å². The first-order valence-electron chi connectivity index (χ1n) is 8.27. The number of nitrogens with zero attached hydrogens (tertiary/aromatic N) is 5. The number of fused-ring (bicyclic) bond motifs is 3. The normalized spacial score (nSPS) is 20.9. The van der Waals surface area contributed by atoms with E-state index in [9.17, 15) is 14.7 Å². The van der Waals surface area contributed by atoms with Crippen molar-refractivity contribution in [3.63, 3.8) is 0 Å². The number of anilines is 1. The fourth-order valence-corrected chi connectivity index (χ4v) is 3.86. The number of rotatable bonds is 2. The molecule has 0 saturated carbocycles. The average molecular weight is 345 g/mol. The Morgan fingerprint density at radius 3 is 2.64 bits per heavy atom. The van der Waals surface area contributed by atoms with Crippen LogP contribution in [0.2, 0.25) is 0 Å². The van der Waals surface area contributed by atoms with Gasteiger partial charge in [0.25, 0.3) is 0 Å². The van der Waals surface area contributed by atoms with Gasteiger partial charge in [-0.3, -0.25) is 4.79 Å². The molecule has 9 nitrogen and oxygen atoms in total. The Morgan fingerprint density at radius 2 is 1.96 bits per heavy atom. The second-order valence-electron chi connectivity index (χ2n) is 6.71. The molecule has 2 aliphatic rings. The van der Waals surface area contributed by atoms with E-state index >= 15 is 0 Å². The molecule has 0 aliphatic carbocycles. The van der Waals surface area contributed by atoms with Crippen LogP contribution < -0.4 is 4.90 Å². The minimum atomic E-state index is -0.920. The zero-order valence-corrected chi connectivity index (χ0v) is 13.8. The fourth-order valence-electron chi connectivity index (χ4n) is 3.86. The molecular weight excluding hydrogens is 326 g/mol. The Labute approximate surface area is 143 Å². The van der Waals surface area contributed by atoms with E-state index in [0.29, 0.717) is 32.6 Å². The van der Waals surface area contributed by atoms with E-state index in [1.807, 2.05) is 11.8 Å². The molecule has 1 atom stereocenters. The first kappa shape index (κ1) is 15.7. The standard InChI is InChI=1S/C16H19N5O4/c1-9-6-19(16(24)25)5-2-11-12(9)13-17-3-4-18-21(13)14(11)20-7-10(8-20)15(22)23/h3-4,9-10H,2,5-8H2,1H3,(H,22,23)(H,24,25). The summed E-state index contributed by atoms with van der Waals surface area (Å²) < 4.78 is 1.77. The molecule has 1 fully saturated rings. The number of aromatic nitrogens is 3. The predicted molar refractivity (Wildman–Crippen MR) is 88.0 cm³/mol. The summed E-state index contributed by atoms with van der Waals surface area (Å²) in [6.07, 6.45) is 2.89. The third-order valence-electron chi connectivity index (χ3n) is 5.10. The summed E-state index contributed by atoms with van der Waals surface area (Å²) in [5, 5.41) is 22.9. The maximum Gasteiger partial charge on any atom is 0.407 e. The van der Waals surface area contributed by atoms with Gasteiger partial charge in [0.15, 0.2) is 5.65 Å². The van der Waals surface area contributed by atoms with Crippen molar-refractivity contribution >= 4 is 23.5 Å². The lowest BCUT2D eigenvalue weighted by Gasteiger charge is -2.38. The van der Waals surface area contributed by atoms with Gasteiger partial charge >= 0.3 is 12.1 Å². The molecule has 4 rings (SSSR count). The first-order chi connectivity index (χ1) is 12.0. The first-order valence-corrected chi connectivity index (χ1v) is 8.27. The highest BCUT2D eigenvalue weighted by molar-refractivity contribution is 5.76. The Bertz CT molecular complexity index is 843. The van der Waals surface area contributed by atoms with E-state index < -0.39 is 12.1 Å². The number of carboxylic acids is 1. The lowest BCUT2D eigenvalue weighted by molar-refractivity contribution is -0.142. The molecular formula is C16H19N5O4. The summed E-state index contributed by atoms with van der Waals surface area (Å²) in [6.45, 7) is 3.68. The maximum absolute atomic E-state index is 11.4. The second-order valence-corrected chi connectivity index (χ2v) is 6.71. The van der Waals surface area contributed by atoms with E-state index in [1.54, 1.807) is 16.9 Å². The Morgan fingerprint density at radius 1 is 1.20 bits per heavy atom. The minimum absolute atomic E-state index is 0.00871. The largest absolute Gasteiger partial charge is 0.481 e. The van der Waals surface area contributed by atoms with Crippen LogP contribution in [0.1, 0.15) is 24.0 Å². The monoisotopic (exact) mass is 345 g/mol. The lowest BCUT2D eigenvalue weighted by Crippen LogP contribution is -2.51. The van der Waals surface area contributed by atoms with Gasteiger partial charge in [-0.25, -0.2) is 9.78 Å². The van der Waals surface area contributed by atoms with Gasteiger partial charge in [-0.15, -0.1) is 0 Å². The Hall–Kier alpha value is -2.84. The number of carbonyl (C=O) groups is 2. The fraction of sp³-hybridized carbons (Fsp3) is 0.500. The van der Waals surface area contributed by atoms with Gasteiger partial charge in [0.05, 0.1) is 12.1 Å². The molecule has 0 radical (unpaired) electrons. The summed E-state index contributed by atoms with van der Waals surface area (Å²) in [5.41, 5.74) is 2.78. The molecule has 9 heteroatoms. The third kappa shape index (κ3) is 2.38. The Kier molecular flexibility index (Phi) is 3.52. The quantitative estimate of drug-likeness (QED) is 0.831. The number of aliphatic carboxylic acids is 1. The van der Waals surface area contributed by atoms with E-state index in [-0.39, 0.29) is 11.8 Å². The van der Waals surface area contributed by atoms with Gasteiger partial charge in [-0.05, 0) is 6.42 Å². The average Bonchev–Trinajstić information content (AvgIpc) is 2.72. The van der Waals surface area contributed by atoms with Crippen LogP contribution in [0.3, 0.4) is 0 Å². The number of carboxylic acid groups (broad SMARTS) is 2. The molecule has 2 N–H and O–H groups in total. The van der Waals surface area contributed by atoms with E-state index in [2.05, 4.69) is 10.1 Å². The third-order valence-corrected chi connectivity index (χ3v) is 5.10. The summed E-state index contributed by atoms with van der Waals surface area (Å²) in [6, 6.07) is 0. The zero-order valence-electron chi connectivity index (χ0n) is 13.8. The molecule has 2 aliphatic heterocycles. The van der Waals surface area contributed by atoms with Crippen LogP contribution in [0.5, 0.6) is 0 Å². The predicted octanol–water partition coefficient (Wildman–Crippen LogP) is 0.890. The van der Waals surface area contributed by atoms with Crippen molar-refractivity contribution in [3.05, 3.63) is 23.5 Å². The van der Waals surface area contributed by atoms with Crippen molar-refractivity contribution in [2.24, 2.45) is 5.92 Å². The van der Waals surface area contributed by atoms with Crippen LogP contribution in [-0.2, 0) is 11.2 Å². The lowest BCUT2D eigenvalue weighted by atomic mass is 9.96. The molecule has 0 aromatic carbocycles. The van der Waals surface area contributed by atoms with Gasteiger partial charge in [0.1, 0.15) is 5.82 Å². The smallest absolute Gasteiger partial charge is 0.407 e. The molecule has 1 saturated heterocycles. The Balaban J connectivity index is 1.80. The number of hydrogen-bond acceptors (Lipinski definition) is 5. The van der Waals surface area contributed by atoms with Crippen molar-refractivity contribution in [2.75, 3.05) is 31.1 Å². The van der Waals surface area contributed by atoms with E-state index in [1.165, 1.54) is 4.90 Å². The van der Waals surface area contributed by atoms with Gasteiger partial charge in [-0.2, -0.15) is 9.61 Å². The van der Waals surface area contributed by atoms with Crippen LogP contribution in [0.25, 0.3) is 5.65 Å². The van der Waals surface area contributed by atoms with E-state index in [4.69, 9.17) is 5.11 Å². The van der Waals surface area contributed by atoms with Gasteiger partial charge in [-0.1, -0.05) is 6.92 Å². The highest BCUT2D eigenvalue weighted by Crippen LogP contribution is 2.39. The highest BCUT2D eigenvalue weighted by atomic mass is 16.4. The molecule has 132 valence electrons. The molecule has 1 unspecified atom stereocenters. The second kappa shape index (κ2) is 5.61. The van der Waals surface area contributed by atoms with Crippen molar-refractivity contribution in [1.29, 1.82) is 0 Å². The molecule has 0 bridgehead atoms. The maximum atomic E-state index is 11.4. The van der Waals surface area contributed by atoms with Crippen LogP contribution in [0.15, 0.2) is 12.4 Å². The molecule has 2 aromatic heterocycles.